The van der Waals surface area contributed by atoms with Crippen LogP contribution in [0.4, 0.5) is 0 Å². The van der Waals surface area contributed by atoms with E-state index in [1.807, 2.05) is 25.1 Å². The van der Waals surface area contributed by atoms with Crippen LogP contribution >= 0.6 is 15.9 Å². The molecule has 2 N–H and O–H groups in total. The van der Waals surface area contributed by atoms with Crippen molar-refractivity contribution in [1.29, 1.82) is 0 Å². The van der Waals surface area contributed by atoms with E-state index in [-0.39, 0.29) is 6.04 Å². The highest BCUT2D eigenvalue weighted by Gasteiger charge is 2.10. The van der Waals surface area contributed by atoms with E-state index < -0.39 is 0 Å². The first-order valence-electron chi connectivity index (χ1n) is 4.47. The summed E-state index contributed by atoms with van der Waals surface area (Å²) in [5.74, 6) is 0. The van der Waals surface area contributed by atoms with Gasteiger partial charge in [0.15, 0.2) is 10.2 Å². The number of hydrogen-bond acceptors (Lipinski definition) is 3. The van der Waals surface area contributed by atoms with Crippen LogP contribution in [0.3, 0.4) is 0 Å². The average Bonchev–Trinajstić information content (AvgIpc) is 2.48. The Morgan fingerprint density at radius 1 is 1.57 bits per heavy atom. The second-order valence-corrected chi connectivity index (χ2v) is 4.20. The molecule has 0 saturated heterocycles. The lowest BCUT2D eigenvalue weighted by atomic mass is 10.0. The van der Waals surface area contributed by atoms with Crippen molar-refractivity contribution in [1.82, 2.24) is 5.16 Å². The molecule has 0 aliphatic rings. The van der Waals surface area contributed by atoms with Crippen LogP contribution in [0.15, 0.2) is 27.3 Å². The second-order valence-electron chi connectivity index (χ2n) is 3.45. The maximum atomic E-state index is 5.77. The Hall–Kier alpha value is -0.870. The largest absolute Gasteiger partial charge is 0.355 e. The highest BCUT2D eigenvalue weighted by Crippen LogP contribution is 2.27. The van der Waals surface area contributed by atoms with Crippen LogP contribution in [0, 0.1) is 0 Å². The van der Waals surface area contributed by atoms with Gasteiger partial charge in [-0.25, -0.2) is 0 Å². The Bertz CT molecular complexity index is 450. The highest BCUT2D eigenvalue weighted by molar-refractivity contribution is 9.10. The Morgan fingerprint density at radius 3 is 3.07 bits per heavy atom. The van der Waals surface area contributed by atoms with Gasteiger partial charge in [-0.15, -0.1) is 0 Å². The molecule has 0 aliphatic carbocycles. The molecule has 1 atom stereocenters. The lowest BCUT2D eigenvalue weighted by Gasteiger charge is -2.05. The first kappa shape index (κ1) is 9.68. The predicted octanol–water partition coefficient (Wildman–Crippen LogP) is 2.48. The summed E-state index contributed by atoms with van der Waals surface area (Å²) in [5.41, 5.74) is 7.74. The summed E-state index contributed by atoms with van der Waals surface area (Å²) in [7, 11) is 0. The molecule has 3 nitrogen and oxygen atoms in total. The Balaban J connectivity index is 2.57. The van der Waals surface area contributed by atoms with Crippen molar-refractivity contribution >= 4 is 26.9 Å². The molecule has 1 aromatic heterocycles. The van der Waals surface area contributed by atoms with E-state index in [9.17, 15) is 0 Å². The Labute approximate surface area is 90.4 Å². The number of aromatic nitrogens is 1. The summed E-state index contributed by atoms with van der Waals surface area (Å²) in [4.78, 5) is 0. The van der Waals surface area contributed by atoms with Gasteiger partial charge in [0, 0.05) is 6.04 Å². The van der Waals surface area contributed by atoms with Gasteiger partial charge in [-0.05, 0) is 40.9 Å². The summed E-state index contributed by atoms with van der Waals surface area (Å²) < 4.78 is 5.89. The molecular formula is C10H11BrN2O. The molecular weight excluding hydrogens is 244 g/mol. The van der Waals surface area contributed by atoms with Crippen molar-refractivity contribution in [3.63, 3.8) is 0 Å². The normalized spacial score (nSPS) is 13.4. The molecule has 0 aliphatic heterocycles. The van der Waals surface area contributed by atoms with Crippen molar-refractivity contribution in [2.45, 2.75) is 19.4 Å². The zero-order chi connectivity index (χ0) is 10.1. The maximum absolute atomic E-state index is 5.77. The summed E-state index contributed by atoms with van der Waals surface area (Å²) in [5, 5.41) is 4.90. The standard InChI is InChI=1S/C10H11BrN2O/c1-6(12)5-7-3-2-4-8-9(7)10(11)13-14-8/h2-4,6H,5,12H2,1H3. The Kier molecular flexibility index (Phi) is 2.56. The molecule has 1 unspecified atom stereocenters. The third-order valence-corrected chi connectivity index (χ3v) is 2.63. The minimum absolute atomic E-state index is 0.141. The van der Waals surface area contributed by atoms with E-state index in [0.29, 0.717) is 0 Å². The van der Waals surface area contributed by atoms with Gasteiger partial charge in [0.1, 0.15) is 0 Å². The molecule has 0 fully saturated rings. The topological polar surface area (TPSA) is 52.0 Å². The number of halogens is 1. The highest BCUT2D eigenvalue weighted by atomic mass is 79.9. The number of benzene rings is 1. The van der Waals surface area contributed by atoms with Crippen LogP contribution in [0.25, 0.3) is 11.0 Å². The van der Waals surface area contributed by atoms with Crippen LogP contribution in [0.1, 0.15) is 12.5 Å². The smallest absolute Gasteiger partial charge is 0.168 e. The first-order chi connectivity index (χ1) is 6.68. The van der Waals surface area contributed by atoms with E-state index in [2.05, 4.69) is 21.1 Å². The molecule has 0 saturated carbocycles. The molecule has 1 heterocycles. The quantitative estimate of drug-likeness (QED) is 0.896. The zero-order valence-electron chi connectivity index (χ0n) is 7.83. The second kappa shape index (κ2) is 3.71. The van der Waals surface area contributed by atoms with Crippen molar-refractivity contribution < 1.29 is 4.52 Å². The van der Waals surface area contributed by atoms with Gasteiger partial charge in [0.25, 0.3) is 0 Å². The summed E-state index contributed by atoms with van der Waals surface area (Å²) in [6, 6.07) is 6.05. The van der Waals surface area contributed by atoms with Gasteiger partial charge in [-0.1, -0.05) is 17.3 Å². The molecule has 1 aromatic carbocycles. The van der Waals surface area contributed by atoms with Crippen LogP contribution in [0.5, 0.6) is 0 Å². The van der Waals surface area contributed by atoms with Gasteiger partial charge >= 0.3 is 0 Å². The molecule has 14 heavy (non-hydrogen) atoms. The molecule has 4 heteroatoms. The van der Waals surface area contributed by atoms with Crippen molar-refractivity contribution in [2.75, 3.05) is 0 Å². The molecule has 2 aromatic rings. The number of hydrogen-bond donors (Lipinski definition) is 1. The predicted molar refractivity (Wildman–Crippen MR) is 59.1 cm³/mol. The third kappa shape index (κ3) is 1.67. The van der Waals surface area contributed by atoms with Gasteiger partial charge in [-0.2, -0.15) is 0 Å². The fraction of sp³-hybridized carbons (Fsp3) is 0.300. The fourth-order valence-electron chi connectivity index (χ4n) is 1.54. The molecule has 2 rings (SSSR count). The summed E-state index contributed by atoms with van der Waals surface area (Å²) in [6.07, 6.45) is 0.831. The molecule has 0 radical (unpaired) electrons. The molecule has 0 amide bonds. The van der Waals surface area contributed by atoms with Gasteiger partial charge in [-0.3, -0.25) is 0 Å². The van der Waals surface area contributed by atoms with Crippen LogP contribution < -0.4 is 5.73 Å². The number of fused-ring (bicyclic) bond motifs is 1. The van der Waals surface area contributed by atoms with E-state index in [1.165, 1.54) is 5.56 Å². The van der Waals surface area contributed by atoms with E-state index in [4.69, 9.17) is 10.3 Å². The number of rotatable bonds is 2. The van der Waals surface area contributed by atoms with Crippen molar-refractivity contribution in [3.8, 4) is 0 Å². The van der Waals surface area contributed by atoms with E-state index in [0.717, 1.165) is 22.0 Å². The third-order valence-electron chi connectivity index (χ3n) is 2.08. The zero-order valence-corrected chi connectivity index (χ0v) is 9.41. The van der Waals surface area contributed by atoms with Gasteiger partial charge in [0.05, 0.1) is 5.39 Å². The minimum atomic E-state index is 0.141. The number of nitrogens with zero attached hydrogens (tertiary/aromatic N) is 1. The van der Waals surface area contributed by atoms with Gasteiger partial charge in [0.2, 0.25) is 0 Å². The van der Waals surface area contributed by atoms with Crippen molar-refractivity contribution in [2.24, 2.45) is 5.73 Å². The molecule has 0 bridgehead atoms. The first-order valence-corrected chi connectivity index (χ1v) is 5.26. The minimum Gasteiger partial charge on any atom is -0.355 e. The molecule has 0 spiro atoms. The lowest BCUT2D eigenvalue weighted by molar-refractivity contribution is 0.451. The summed E-state index contributed by atoms with van der Waals surface area (Å²) >= 11 is 3.36. The monoisotopic (exact) mass is 254 g/mol. The van der Waals surface area contributed by atoms with Gasteiger partial charge < -0.3 is 10.3 Å². The van der Waals surface area contributed by atoms with Crippen LogP contribution in [0.2, 0.25) is 0 Å². The van der Waals surface area contributed by atoms with Crippen LogP contribution in [-0.4, -0.2) is 11.2 Å². The number of nitrogens with two attached hydrogens (primary N) is 1. The SMILES string of the molecule is CC(N)Cc1cccc2onc(Br)c12. The van der Waals surface area contributed by atoms with Crippen molar-refractivity contribution in [3.05, 3.63) is 28.4 Å². The Morgan fingerprint density at radius 2 is 2.36 bits per heavy atom. The summed E-state index contributed by atoms with van der Waals surface area (Å²) in [6.45, 7) is 1.99. The van der Waals surface area contributed by atoms with Crippen LogP contribution in [-0.2, 0) is 6.42 Å². The van der Waals surface area contributed by atoms with E-state index >= 15 is 0 Å². The maximum Gasteiger partial charge on any atom is 0.168 e. The lowest BCUT2D eigenvalue weighted by Crippen LogP contribution is -2.17. The van der Waals surface area contributed by atoms with E-state index in [1.54, 1.807) is 0 Å². The average molecular weight is 255 g/mol. The fourth-order valence-corrected chi connectivity index (χ4v) is 2.06. The molecule has 74 valence electrons.